The lowest BCUT2D eigenvalue weighted by atomic mass is 9.83. The van der Waals surface area contributed by atoms with Crippen molar-refractivity contribution in [1.29, 1.82) is 0 Å². The number of carbonyl (C=O) groups excluding carboxylic acids is 2. The monoisotopic (exact) mass is 501 g/mol. The van der Waals surface area contributed by atoms with Crippen molar-refractivity contribution in [2.45, 2.75) is 58.3 Å². The van der Waals surface area contributed by atoms with Crippen molar-refractivity contribution >= 4 is 17.4 Å². The molecule has 0 radical (unpaired) electrons. The number of rotatable bonds is 4. The zero-order valence-electron chi connectivity index (χ0n) is 21.6. The fourth-order valence-electron chi connectivity index (χ4n) is 4.77. The second-order valence-corrected chi connectivity index (χ2v) is 10.6. The normalized spacial score (nSPS) is 16.5. The number of hydrogen-bond donors (Lipinski definition) is 0. The van der Waals surface area contributed by atoms with Crippen LogP contribution < -0.4 is 4.74 Å². The molecule has 0 aliphatic carbocycles. The molecule has 1 saturated heterocycles. The number of para-hydroxylation sites is 1. The zero-order valence-corrected chi connectivity index (χ0v) is 21.6. The van der Waals surface area contributed by atoms with Gasteiger partial charge < -0.3 is 14.4 Å². The summed E-state index contributed by atoms with van der Waals surface area (Å²) in [5.41, 5.74) is 2.95. The van der Waals surface area contributed by atoms with E-state index < -0.39 is 11.2 Å². The fourth-order valence-corrected chi connectivity index (χ4v) is 4.77. The van der Waals surface area contributed by atoms with Gasteiger partial charge in [-0.05, 0) is 61.4 Å². The number of tetrazole rings is 1. The third-order valence-electron chi connectivity index (χ3n) is 6.52. The number of ether oxygens (including phenoxy) is 2. The predicted octanol–water partition coefficient (Wildman–Crippen LogP) is 4.52. The number of Topliss-reactive ketones (excluding diaryl/α,β-unsaturated/α-hetero) is 1. The second-order valence-electron chi connectivity index (χ2n) is 10.6. The third-order valence-corrected chi connectivity index (χ3v) is 6.52. The van der Waals surface area contributed by atoms with Crippen molar-refractivity contribution in [2.75, 3.05) is 13.1 Å². The van der Waals surface area contributed by atoms with E-state index >= 15 is 0 Å². The van der Waals surface area contributed by atoms with E-state index in [4.69, 9.17) is 9.47 Å². The summed E-state index contributed by atoms with van der Waals surface area (Å²) in [5.74, 6) is 1.37. The van der Waals surface area contributed by atoms with Gasteiger partial charge in [-0.15, -0.1) is 5.10 Å². The molecule has 1 fully saturated rings. The van der Waals surface area contributed by atoms with Crippen LogP contribution in [-0.2, 0) is 16.1 Å². The summed E-state index contributed by atoms with van der Waals surface area (Å²) in [6, 6.07) is 16.0. The summed E-state index contributed by atoms with van der Waals surface area (Å²) < 4.78 is 13.6. The molecular weight excluding hydrogens is 470 g/mol. The quantitative estimate of drug-likeness (QED) is 0.518. The summed E-state index contributed by atoms with van der Waals surface area (Å²) in [6.45, 7) is 8.38. The Balaban J connectivity index is 1.42. The van der Waals surface area contributed by atoms with E-state index in [2.05, 4.69) is 27.7 Å². The second kappa shape index (κ2) is 9.46. The number of likely N-dealkylation sites (tertiary alicyclic amines) is 1. The first kappa shape index (κ1) is 24.7. The number of amides is 1. The molecule has 5 rings (SSSR count). The Bertz CT molecular complexity index is 1350. The third kappa shape index (κ3) is 5.26. The molecule has 0 saturated carbocycles. The van der Waals surface area contributed by atoms with Crippen LogP contribution in [0.4, 0.5) is 4.79 Å². The average Bonchev–Trinajstić information content (AvgIpc) is 3.30. The van der Waals surface area contributed by atoms with Gasteiger partial charge in [-0.3, -0.25) is 4.79 Å². The van der Waals surface area contributed by atoms with E-state index in [0.29, 0.717) is 31.8 Å². The fraction of sp³-hybridized carbons (Fsp3) is 0.393. The molecule has 0 N–H and O–H groups in total. The molecule has 192 valence electrons. The van der Waals surface area contributed by atoms with Crippen LogP contribution in [0.5, 0.6) is 5.75 Å². The van der Waals surface area contributed by atoms with Crippen LogP contribution in [0.15, 0.2) is 54.6 Å². The van der Waals surface area contributed by atoms with Crippen molar-refractivity contribution in [1.82, 2.24) is 25.1 Å². The van der Waals surface area contributed by atoms with E-state index in [1.807, 2.05) is 63.2 Å². The molecule has 0 unspecified atom stereocenters. The standard InChI is InChI=1S/C28H31N5O4/c1-19(34)18-33-25(29-30-31-33)21-11-9-20(10-12-21)23-17-28(36-24-8-6-5-7-22(23)24)13-15-32(16-14-28)26(35)37-27(2,3)4/h5-12,17H,13-16,18H2,1-4H3. The van der Waals surface area contributed by atoms with Crippen LogP contribution >= 0.6 is 0 Å². The molecule has 9 nitrogen and oxygen atoms in total. The number of fused-ring (bicyclic) bond motifs is 1. The van der Waals surface area contributed by atoms with Crippen LogP contribution in [0.3, 0.4) is 0 Å². The van der Waals surface area contributed by atoms with Gasteiger partial charge in [-0.25, -0.2) is 9.48 Å². The summed E-state index contributed by atoms with van der Waals surface area (Å²) in [6.07, 6.45) is 3.26. The van der Waals surface area contributed by atoms with Crippen LogP contribution in [0.2, 0.25) is 0 Å². The molecular formula is C28H31N5O4. The maximum Gasteiger partial charge on any atom is 0.410 e. The van der Waals surface area contributed by atoms with Crippen LogP contribution in [-0.4, -0.2) is 61.3 Å². The molecule has 1 amide bonds. The van der Waals surface area contributed by atoms with E-state index in [1.54, 1.807) is 4.90 Å². The topological polar surface area (TPSA) is 99.4 Å². The van der Waals surface area contributed by atoms with E-state index in [0.717, 1.165) is 28.0 Å². The van der Waals surface area contributed by atoms with E-state index in [9.17, 15) is 9.59 Å². The Morgan fingerprint density at radius 1 is 1.03 bits per heavy atom. The molecule has 1 aromatic heterocycles. The van der Waals surface area contributed by atoms with Gasteiger partial charge in [0.15, 0.2) is 11.6 Å². The van der Waals surface area contributed by atoms with Gasteiger partial charge in [-0.1, -0.05) is 42.5 Å². The number of benzene rings is 2. The number of piperidine rings is 1. The van der Waals surface area contributed by atoms with Crippen molar-refractivity contribution in [2.24, 2.45) is 0 Å². The van der Waals surface area contributed by atoms with Crippen LogP contribution in [0, 0.1) is 0 Å². The molecule has 3 aromatic rings. The largest absolute Gasteiger partial charge is 0.482 e. The maximum absolute atomic E-state index is 12.6. The van der Waals surface area contributed by atoms with Gasteiger partial charge in [0.25, 0.3) is 0 Å². The Hall–Kier alpha value is -4.01. The number of aromatic nitrogens is 4. The van der Waals surface area contributed by atoms with Crippen molar-refractivity contribution in [3.8, 4) is 17.1 Å². The Morgan fingerprint density at radius 3 is 2.38 bits per heavy atom. The number of nitrogens with zero attached hydrogens (tertiary/aromatic N) is 5. The molecule has 2 aliphatic heterocycles. The molecule has 0 atom stereocenters. The highest BCUT2D eigenvalue weighted by molar-refractivity contribution is 5.85. The molecule has 9 heteroatoms. The molecule has 2 aromatic carbocycles. The molecule has 2 aliphatic rings. The minimum Gasteiger partial charge on any atom is -0.482 e. The van der Waals surface area contributed by atoms with Crippen LogP contribution in [0.1, 0.15) is 51.7 Å². The van der Waals surface area contributed by atoms with Gasteiger partial charge in [0.1, 0.15) is 23.5 Å². The number of ketones is 1. The lowest BCUT2D eigenvalue weighted by Gasteiger charge is -2.43. The highest BCUT2D eigenvalue weighted by Crippen LogP contribution is 2.43. The van der Waals surface area contributed by atoms with Gasteiger partial charge >= 0.3 is 6.09 Å². The van der Waals surface area contributed by atoms with E-state index in [1.165, 1.54) is 11.6 Å². The lowest BCUT2D eigenvalue weighted by molar-refractivity contribution is -0.117. The molecule has 1 spiro atoms. The van der Waals surface area contributed by atoms with Gasteiger partial charge in [0.2, 0.25) is 0 Å². The smallest absolute Gasteiger partial charge is 0.410 e. The average molecular weight is 502 g/mol. The Kier molecular flexibility index (Phi) is 6.31. The minimum atomic E-state index is -0.527. The SMILES string of the molecule is CC(=O)Cn1nnnc1-c1ccc(C2=CC3(CCN(C(=O)OC(C)(C)C)CC3)Oc3ccccc32)cc1. The first-order valence-electron chi connectivity index (χ1n) is 12.5. The van der Waals surface area contributed by atoms with Crippen molar-refractivity contribution < 1.29 is 19.1 Å². The molecule has 0 bridgehead atoms. The number of hydrogen-bond acceptors (Lipinski definition) is 7. The summed E-state index contributed by atoms with van der Waals surface area (Å²) >= 11 is 0. The summed E-state index contributed by atoms with van der Waals surface area (Å²) in [4.78, 5) is 25.9. The van der Waals surface area contributed by atoms with Crippen LogP contribution in [0.25, 0.3) is 17.0 Å². The summed E-state index contributed by atoms with van der Waals surface area (Å²) in [5, 5.41) is 11.8. The minimum absolute atomic E-state index is 0.0165. The van der Waals surface area contributed by atoms with Gasteiger partial charge in [-0.2, -0.15) is 0 Å². The van der Waals surface area contributed by atoms with E-state index in [-0.39, 0.29) is 18.4 Å². The number of carbonyl (C=O) groups is 2. The van der Waals surface area contributed by atoms with Gasteiger partial charge in [0.05, 0.1) is 0 Å². The molecule has 3 heterocycles. The lowest BCUT2D eigenvalue weighted by Crippen LogP contribution is -2.50. The first-order chi connectivity index (χ1) is 17.6. The highest BCUT2D eigenvalue weighted by Gasteiger charge is 2.40. The van der Waals surface area contributed by atoms with Gasteiger partial charge in [0, 0.05) is 37.1 Å². The first-order valence-corrected chi connectivity index (χ1v) is 12.5. The highest BCUT2D eigenvalue weighted by atomic mass is 16.6. The van der Waals surface area contributed by atoms with Crippen molar-refractivity contribution in [3.05, 3.63) is 65.7 Å². The maximum atomic E-state index is 12.6. The van der Waals surface area contributed by atoms with Crippen molar-refractivity contribution in [3.63, 3.8) is 0 Å². The predicted molar refractivity (Wildman–Crippen MR) is 138 cm³/mol. The summed E-state index contributed by atoms with van der Waals surface area (Å²) in [7, 11) is 0. The Labute approximate surface area is 216 Å². The molecule has 37 heavy (non-hydrogen) atoms. The zero-order chi connectivity index (χ0) is 26.2. The Morgan fingerprint density at radius 2 is 1.70 bits per heavy atom.